The first kappa shape index (κ1) is 38.7. The van der Waals surface area contributed by atoms with Crippen molar-refractivity contribution in [3.8, 4) is 11.5 Å². The molecule has 1 saturated heterocycles. The number of aromatic nitrogens is 4. The van der Waals surface area contributed by atoms with Crippen molar-refractivity contribution >= 4 is 34.5 Å². The number of nitro groups is 1. The number of amides is 2. The molecule has 7 rings (SSSR count). The minimum absolute atomic E-state index is 0.0328. The molecule has 0 bridgehead atoms. The van der Waals surface area contributed by atoms with Gasteiger partial charge in [0.2, 0.25) is 5.91 Å². The van der Waals surface area contributed by atoms with E-state index in [4.69, 9.17) is 19.3 Å². The highest BCUT2D eigenvalue weighted by molar-refractivity contribution is 5.87. The minimum atomic E-state index is -0.537. The smallest absolute Gasteiger partial charge is 0.407 e. The van der Waals surface area contributed by atoms with E-state index in [9.17, 15) is 19.7 Å². The largest absolute Gasteiger partial charge is 0.493 e. The van der Waals surface area contributed by atoms with Gasteiger partial charge in [-0.15, -0.1) is 0 Å². The summed E-state index contributed by atoms with van der Waals surface area (Å²) in [5.41, 5.74) is 3.33. The minimum Gasteiger partial charge on any atom is -0.493 e. The summed E-state index contributed by atoms with van der Waals surface area (Å²) in [6.45, 7) is 4.34. The molecule has 3 aliphatic rings. The second-order valence-electron chi connectivity index (χ2n) is 14.5. The van der Waals surface area contributed by atoms with Crippen LogP contribution in [0.25, 0.3) is 11.0 Å². The van der Waals surface area contributed by atoms with Gasteiger partial charge in [-0.1, -0.05) is 18.2 Å². The number of nitro benzene ring substituents is 1. The predicted molar refractivity (Wildman–Crippen MR) is 206 cm³/mol. The number of hydrogen-bond donors (Lipinski definition) is 2. The van der Waals surface area contributed by atoms with Gasteiger partial charge in [-0.2, -0.15) is 5.10 Å². The Morgan fingerprint density at radius 2 is 1.79 bits per heavy atom. The molecule has 2 N–H and O–H groups in total. The first-order chi connectivity index (χ1) is 27.3. The fourth-order valence-electron chi connectivity index (χ4n) is 8.73. The van der Waals surface area contributed by atoms with Crippen molar-refractivity contribution in [2.45, 2.75) is 50.6 Å². The lowest BCUT2D eigenvalue weighted by Gasteiger charge is -2.52. The van der Waals surface area contributed by atoms with Crippen molar-refractivity contribution in [3.63, 3.8) is 0 Å². The standard InChI is InChI=1S/C39H49N9O8/c1-54-33-22-28-10-15-46(14-5-13-40-38(51)56-21-20-49)39(31(28)23-34(33)55-2)11-8-27(9-12-39)37(50)45-18-16-44(17-19-45)35-30-24-43-47(36(30)42-26-41-35)25-29-6-3-4-7-32(29)48(52)53/h3-4,6-7,22-24,26-27,49H,5,8-21,25H2,1-2H3,(H,40,51)/t27-,39+. The van der Waals surface area contributed by atoms with E-state index in [0.29, 0.717) is 55.4 Å². The lowest BCUT2D eigenvalue weighted by molar-refractivity contribution is -0.385. The predicted octanol–water partition coefficient (Wildman–Crippen LogP) is 3.50. The monoisotopic (exact) mass is 771 g/mol. The third kappa shape index (κ3) is 7.77. The van der Waals surface area contributed by atoms with Crippen molar-refractivity contribution in [2.75, 3.05) is 78.1 Å². The number of anilines is 1. The molecule has 4 heterocycles. The number of piperazine rings is 1. The summed E-state index contributed by atoms with van der Waals surface area (Å²) >= 11 is 0. The molecule has 4 aromatic rings. The van der Waals surface area contributed by atoms with Crippen molar-refractivity contribution in [1.29, 1.82) is 0 Å². The van der Waals surface area contributed by atoms with E-state index < -0.39 is 11.0 Å². The van der Waals surface area contributed by atoms with Crippen LogP contribution in [0.5, 0.6) is 11.5 Å². The molecule has 0 unspecified atom stereocenters. The second-order valence-corrected chi connectivity index (χ2v) is 14.5. The number of aliphatic hydroxyl groups is 1. The number of nitrogens with one attached hydrogen (secondary N) is 1. The van der Waals surface area contributed by atoms with Crippen LogP contribution in [0.3, 0.4) is 0 Å². The lowest BCUT2D eigenvalue weighted by Crippen LogP contribution is -2.55. The Bertz CT molecular complexity index is 2040. The second kappa shape index (κ2) is 17.1. The van der Waals surface area contributed by atoms with E-state index in [-0.39, 0.29) is 42.8 Å². The summed E-state index contributed by atoms with van der Waals surface area (Å²) in [6, 6.07) is 10.8. The van der Waals surface area contributed by atoms with Crippen molar-refractivity contribution in [3.05, 3.63) is 75.7 Å². The summed E-state index contributed by atoms with van der Waals surface area (Å²) in [4.78, 5) is 53.0. The fourth-order valence-corrected chi connectivity index (χ4v) is 8.73. The molecular formula is C39H49N9O8. The van der Waals surface area contributed by atoms with Gasteiger partial charge >= 0.3 is 6.09 Å². The molecular weight excluding hydrogens is 722 g/mol. The number of rotatable bonds is 13. The van der Waals surface area contributed by atoms with Gasteiger partial charge in [-0.3, -0.25) is 19.8 Å². The van der Waals surface area contributed by atoms with E-state index in [1.165, 1.54) is 23.5 Å². The molecule has 298 valence electrons. The van der Waals surface area contributed by atoms with Gasteiger partial charge in [-0.05, 0) is 61.8 Å². The molecule has 56 heavy (non-hydrogen) atoms. The summed E-state index contributed by atoms with van der Waals surface area (Å²) in [5, 5.41) is 28.6. The lowest BCUT2D eigenvalue weighted by atomic mass is 9.68. The summed E-state index contributed by atoms with van der Waals surface area (Å²) in [7, 11) is 3.30. The van der Waals surface area contributed by atoms with E-state index in [1.807, 2.05) is 4.90 Å². The quantitative estimate of drug-likeness (QED) is 0.114. The Kier molecular flexibility index (Phi) is 11.8. The van der Waals surface area contributed by atoms with Gasteiger partial charge in [0, 0.05) is 63.3 Å². The van der Waals surface area contributed by atoms with Gasteiger partial charge in [0.05, 0.1) is 49.4 Å². The number of fused-ring (bicyclic) bond motifs is 3. The zero-order chi connectivity index (χ0) is 39.2. The van der Waals surface area contributed by atoms with Crippen LogP contribution in [0.4, 0.5) is 16.3 Å². The van der Waals surface area contributed by atoms with Crippen LogP contribution in [0.2, 0.25) is 0 Å². The average Bonchev–Trinajstić information content (AvgIpc) is 3.64. The molecule has 2 fully saturated rings. The van der Waals surface area contributed by atoms with E-state index in [2.05, 4.69) is 42.3 Å². The fraction of sp³-hybridized carbons (Fsp3) is 0.513. The normalized spacial score (nSPS) is 19.8. The maximum absolute atomic E-state index is 14.1. The highest BCUT2D eigenvalue weighted by Gasteiger charge is 2.47. The van der Waals surface area contributed by atoms with Gasteiger partial charge in [0.15, 0.2) is 17.1 Å². The van der Waals surface area contributed by atoms with Gasteiger partial charge in [0.25, 0.3) is 5.69 Å². The van der Waals surface area contributed by atoms with Crippen LogP contribution in [0.1, 0.15) is 48.8 Å². The molecule has 1 spiro atoms. The number of hydrogen-bond acceptors (Lipinski definition) is 13. The molecule has 17 heteroatoms. The third-order valence-corrected chi connectivity index (χ3v) is 11.5. The molecule has 2 aliphatic heterocycles. The van der Waals surface area contributed by atoms with Crippen LogP contribution in [-0.4, -0.2) is 125 Å². The Morgan fingerprint density at radius 3 is 2.52 bits per heavy atom. The molecule has 0 radical (unpaired) electrons. The van der Waals surface area contributed by atoms with Crippen molar-refractivity contribution in [2.24, 2.45) is 5.92 Å². The number of carbonyl (C=O) groups excluding carboxylic acids is 2. The van der Waals surface area contributed by atoms with E-state index in [1.54, 1.807) is 43.3 Å². The number of ether oxygens (including phenoxy) is 3. The summed E-state index contributed by atoms with van der Waals surface area (Å²) in [6.07, 6.45) is 7.36. The third-order valence-electron chi connectivity index (χ3n) is 11.5. The van der Waals surface area contributed by atoms with Crippen molar-refractivity contribution in [1.82, 2.24) is 34.9 Å². The Labute approximate surface area is 324 Å². The molecule has 0 atom stereocenters. The Hall–Kier alpha value is -5.55. The number of aliphatic hydroxyl groups excluding tert-OH is 1. The summed E-state index contributed by atoms with van der Waals surface area (Å²) in [5.74, 6) is 2.22. The van der Waals surface area contributed by atoms with Crippen molar-refractivity contribution < 1.29 is 33.8 Å². The van der Waals surface area contributed by atoms with Crippen LogP contribution in [0.15, 0.2) is 48.9 Å². The SMILES string of the molecule is COc1cc2c(cc1OC)[C@]1(CC[C@H](C(=O)N3CCN(c4ncnc5c4cnn5Cc4ccccc4[N+](=O)[O-])CC3)CC1)N(CCCNC(=O)OCCO)CC2. The average molecular weight is 772 g/mol. The van der Waals surface area contributed by atoms with E-state index in [0.717, 1.165) is 62.8 Å². The van der Waals surface area contributed by atoms with Crippen LogP contribution in [-0.2, 0) is 28.0 Å². The Morgan fingerprint density at radius 1 is 1.04 bits per heavy atom. The number of methoxy groups -OCH3 is 2. The number of benzene rings is 2. The van der Waals surface area contributed by atoms with Gasteiger partial charge in [0.1, 0.15) is 18.8 Å². The highest BCUT2D eigenvalue weighted by Crippen LogP contribution is 2.50. The maximum atomic E-state index is 14.1. The number of para-hydroxylation sites is 1. The van der Waals surface area contributed by atoms with Gasteiger partial charge < -0.3 is 34.4 Å². The Balaban J connectivity index is 1.01. The molecule has 2 aromatic heterocycles. The van der Waals surface area contributed by atoms with Crippen LogP contribution < -0.4 is 19.7 Å². The number of carbonyl (C=O) groups is 2. The number of nitrogens with zero attached hydrogens (tertiary/aromatic N) is 8. The zero-order valence-corrected chi connectivity index (χ0v) is 31.9. The summed E-state index contributed by atoms with van der Waals surface area (Å²) < 4.78 is 18.0. The molecule has 2 aromatic carbocycles. The molecule has 1 saturated carbocycles. The highest BCUT2D eigenvalue weighted by atomic mass is 16.6. The zero-order valence-electron chi connectivity index (χ0n) is 31.9. The maximum Gasteiger partial charge on any atom is 0.407 e. The molecule has 17 nitrogen and oxygen atoms in total. The van der Waals surface area contributed by atoms with Crippen LogP contribution in [0, 0.1) is 16.0 Å². The van der Waals surface area contributed by atoms with E-state index >= 15 is 0 Å². The topological polar surface area (TPSA) is 191 Å². The molecule has 2 amide bonds. The van der Waals surface area contributed by atoms with Crippen LogP contribution >= 0.6 is 0 Å². The first-order valence-corrected chi connectivity index (χ1v) is 19.2. The molecule has 1 aliphatic carbocycles. The van der Waals surface area contributed by atoms with Gasteiger partial charge in [-0.25, -0.2) is 19.4 Å². The first-order valence-electron chi connectivity index (χ1n) is 19.2. The number of alkyl carbamates (subject to hydrolysis) is 1.